The first-order valence-corrected chi connectivity index (χ1v) is 11.9. The minimum Gasteiger partial charge on any atom is -0.346 e. The minimum absolute atomic E-state index is 0.157. The SMILES string of the molecule is CCc1ccc([C@@H](C)NC(=O)c2ccc3c(c2)N(S(=O)(=O)c2ccccc2)CC3)cc1. The van der Waals surface area contributed by atoms with Gasteiger partial charge < -0.3 is 5.32 Å². The highest BCUT2D eigenvalue weighted by Crippen LogP contribution is 2.34. The monoisotopic (exact) mass is 434 g/mol. The summed E-state index contributed by atoms with van der Waals surface area (Å²) in [6.07, 6.45) is 1.60. The highest BCUT2D eigenvalue weighted by atomic mass is 32.2. The number of sulfonamides is 1. The summed E-state index contributed by atoms with van der Waals surface area (Å²) in [6, 6.07) is 21.7. The van der Waals surface area contributed by atoms with Crippen molar-refractivity contribution in [3.63, 3.8) is 0 Å². The van der Waals surface area contributed by atoms with Crippen LogP contribution in [-0.2, 0) is 22.9 Å². The fraction of sp³-hybridized carbons (Fsp3) is 0.240. The van der Waals surface area contributed by atoms with E-state index in [9.17, 15) is 13.2 Å². The normalized spacial score (nSPS) is 14.2. The molecule has 4 rings (SSSR count). The summed E-state index contributed by atoms with van der Waals surface area (Å²) in [5.74, 6) is -0.223. The molecule has 1 heterocycles. The maximum absolute atomic E-state index is 13.1. The summed E-state index contributed by atoms with van der Waals surface area (Å²) in [5.41, 5.74) is 4.24. The second-order valence-electron chi connectivity index (χ2n) is 7.77. The molecule has 1 N–H and O–H groups in total. The van der Waals surface area contributed by atoms with Gasteiger partial charge in [-0.2, -0.15) is 0 Å². The van der Waals surface area contributed by atoms with Crippen LogP contribution in [0.3, 0.4) is 0 Å². The zero-order valence-corrected chi connectivity index (χ0v) is 18.5. The van der Waals surface area contributed by atoms with Crippen LogP contribution in [0.1, 0.15) is 46.9 Å². The standard InChI is InChI=1S/C25H26N2O3S/c1-3-19-9-11-20(12-10-19)18(2)26-25(28)22-14-13-21-15-16-27(24(21)17-22)31(29,30)23-7-5-4-6-8-23/h4-14,17-18H,3,15-16H2,1-2H3,(H,26,28)/t18-/m1/s1. The van der Waals surface area contributed by atoms with Gasteiger partial charge in [-0.15, -0.1) is 0 Å². The summed E-state index contributed by atoms with van der Waals surface area (Å²) in [7, 11) is -3.67. The van der Waals surface area contributed by atoms with E-state index in [2.05, 4.69) is 24.4 Å². The Morgan fingerprint density at radius 2 is 1.74 bits per heavy atom. The number of nitrogens with zero attached hydrogens (tertiary/aromatic N) is 1. The number of benzene rings is 3. The summed E-state index contributed by atoms with van der Waals surface area (Å²) in [4.78, 5) is 13.2. The number of anilines is 1. The molecule has 1 amide bonds. The Hall–Kier alpha value is -3.12. The second-order valence-corrected chi connectivity index (χ2v) is 9.64. The lowest BCUT2D eigenvalue weighted by molar-refractivity contribution is 0.0940. The predicted molar refractivity (Wildman–Crippen MR) is 123 cm³/mol. The summed E-state index contributed by atoms with van der Waals surface area (Å²) in [5, 5.41) is 3.02. The van der Waals surface area contributed by atoms with Gasteiger partial charge in [0, 0.05) is 12.1 Å². The average Bonchev–Trinajstić information content (AvgIpc) is 3.24. The Balaban J connectivity index is 1.56. The molecule has 1 atom stereocenters. The van der Waals surface area contributed by atoms with Gasteiger partial charge in [0.1, 0.15) is 0 Å². The minimum atomic E-state index is -3.67. The number of hydrogen-bond acceptors (Lipinski definition) is 3. The molecule has 0 aliphatic carbocycles. The molecule has 31 heavy (non-hydrogen) atoms. The second kappa shape index (κ2) is 8.55. The van der Waals surface area contributed by atoms with Crippen molar-refractivity contribution in [1.29, 1.82) is 0 Å². The lowest BCUT2D eigenvalue weighted by Crippen LogP contribution is -2.30. The molecular weight excluding hydrogens is 408 g/mol. The molecule has 3 aromatic carbocycles. The van der Waals surface area contributed by atoms with Crippen LogP contribution in [0.15, 0.2) is 77.7 Å². The van der Waals surface area contributed by atoms with E-state index in [0.29, 0.717) is 24.2 Å². The molecule has 3 aromatic rings. The Bertz CT molecular complexity index is 1190. The number of carbonyl (C=O) groups is 1. The zero-order chi connectivity index (χ0) is 22.0. The van der Waals surface area contributed by atoms with Crippen molar-refractivity contribution in [3.8, 4) is 0 Å². The number of hydrogen-bond donors (Lipinski definition) is 1. The number of aryl methyl sites for hydroxylation is 1. The fourth-order valence-electron chi connectivity index (χ4n) is 3.87. The van der Waals surface area contributed by atoms with E-state index >= 15 is 0 Å². The van der Waals surface area contributed by atoms with Crippen LogP contribution in [0.4, 0.5) is 5.69 Å². The van der Waals surface area contributed by atoms with Crippen LogP contribution in [0, 0.1) is 0 Å². The number of nitrogens with one attached hydrogen (secondary N) is 1. The van der Waals surface area contributed by atoms with Gasteiger partial charge in [0.25, 0.3) is 15.9 Å². The molecule has 0 fully saturated rings. The lowest BCUT2D eigenvalue weighted by Gasteiger charge is -2.20. The molecule has 0 bridgehead atoms. The number of rotatable bonds is 6. The molecular formula is C25H26N2O3S. The molecule has 160 valence electrons. The molecule has 6 heteroatoms. The number of fused-ring (bicyclic) bond motifs is 1. The van der Waals surface area contributed by atoms with Gasteiger partial charge in [-0.25, -0.2) is 8.42 Å². The van der Waals surface area contributed by atoms with Gasteiger partial charge in [-0.05, 0) is 60.7 Å². The van der Waals surface area contributed by atoms with Gasteiger partial charge >= 0.3 is 0 Å². The van der Waals surface area contributed by atoms with Gasteiger partial charge in [-0.3, -0.25) is 9.10 Å². The molecule has 0 spiro atoms. The molecule has 0 radical (unpaired) electrons. The third-order valence-electron chi connectivity index (χ3n) is 5.77. The summed E-state index contributed by atoms with van der Waals surface area (Å²) in [6.45, 7) is 4.42. The third kappa shape index (κ3) is 4.21. The average molecular weight is 435 g/mol. The fourth-order valence-corrected chi connectivity index (χ4v) is 5.38. The maximum Gasteiger partial charge on any atom is 0.264 e. The Morgan fingerprint density at radius 1 is 1.03 bits per heavy atom. The van der Waals surface area contributed by atoms with Gasteiger partial charge in [-0.1, -0.05) is 55.5 Å². The molecule has 1 aliphatic heterocycles. The van der Waals surface area contributed by atoms with Gasteiger partial charge in [0.15, 0.2) is 0 Å². The first-order valence-electron chi connectivity index (χ1n) is 10.5. The van der Waals surface area contributed by atoms with Crippen LogP contribution in [0.2, 0.25) is 0 Å². The predicted octanol–water partition coefficient (Wildman–Crippen LogP) is 4.49. The molecule has 5 nitrogen and oxygen atoms in total. The third-order valence-corrected chi connectivity index (χ3v) is 7.59. The largest absolute Gasteiger partial charge is 0.346 e. The molecule has 1 aliphatic rings. The Kier molecular flexibility index (Phi) is 5.83. The Morgan fingerprint density at radius 3 is 2.42 bits per heavy atom. The lowest BCUT2D eigenvalue weighted by atomic mass is 10.0. The van der Waals surface area contributed by atoms with E-state index in [1.54, 1.807) is 42.5 Å². The van der Waals surface area contributed by atoms with Crippen LogP contribution in [0.25, 0.3) is 0 Å². The van der Waals surface area contributed by atoms with Crippen molar-refractivity contribution >= 4 is 21.6 Å². The van der Waals surface area contributed by atoms with Crippen LogP contribution in [0.5, 0.6) is 0 Å². The molecule has 0 saturated carbocycles. The van der Waals surface area contributed by atoms with E-state index < -0.39 is 10.0 Å². The Labute approximate surface area is 183 Å². The van der Waals surface area contributed by atoms with Crippen molar-refractivity contribution in [2.75, 3.05) is 10.8 Å². The van der Waals surface area contributed by atoms with E-state index in [-0.39, 0.29) is 16.8 Å². The number of amides is 1. The quantitative estimate of drug-likeness (QED) is 0.622. The van der Waals surface area contributed by atoms with E-state index in [4.69, 9.17) is 0 Å². The number of carbonyl (C=O) groups excluding carboxylic acids is 1. The topological polar surface area (TPSA) is 66.5 Å². The van der Waals surface area contributed by atoms with Crippen LogP contribution in [-0.4, -0.2) is 20.9 Å². The van der Waals surface area contributed by atoms with Gasteiger partial charge in [0.05, 0.1) is 16.6 Å². The highest BCUT2D eigenvalue weighted by Gasteiger charge is 2.31. The first kappa shape index (κ1) is 21.1. The van der Waals surface area contributed by atoms with Crippen molar-refractivity contribution < 1.29 is 13.2 Å². The van der Waals surface area contributed by atoms with Crippen LogP contribution < -0.4 is 9.62 Å². The smallest absolute Gasteiger partial charge is 0.264 e. The summed E-state index contributed by atoms with van der Waals surface area (Å²) < 4.78 is 27.6. The van der Waals surface area contributed by atoms with E-state index in [1.165, 1.54) is 9.87 Å². The van der Waals surface area contributed by atoms with Gasteiger partial charge in [0.2, 0.25) is 0 Å². The van der Waals surface area contributed by atoms with E-state index in [0.717, 1.165) is 17.5 Å². The highest BCUT2D eigenvalue weighted by molar-refractivity contribution is 7.92. The molecule has 0 aromatic heterocycles. The van der Waals surface area contributed by atoms with E-state index in [1.807, 2.05) is 25.1 Å². The van der Waals surface area contributed by atoms with Crippen LogP contribution >= 0.6 is 0 Å². The van der Waals surface area contributed by atoms with Crippen molar-refractivity contribution in [3.05, 3.63) is 95.1 Å². The maximum atomic E-state index is 13.1. The molecule has 0 saturated heterocycles. The van der Waals surface area contributed by atoms with Crippen molar-refractivity contribution in [2.45, 2.75) is 37.6 Å². The molecule has 0 unspecified atom stereocenters. The first-order chi connectivity index (χ1) is 14.9. The van der Waals surface area contributed by atoms with Crippen molar-refractivity contribution in [2.24, 2.45) is 0 Å². The summed E-state index contributed by atoms with van der Waals surface area (Å²) >= 11 is 0. The zero-order valence-electron chi connectivity index (χ0n) is 17.7. The van der Waals surface area contributed by atoms with Crippen molar-refractivity contribution in [1.82, 2.24) is 5.32 Å².